The van der Waals surface area contributed by atoms with Crippen LogP contribution in [0.1, 0.15) is 72.1 Å². The molecule has 0 saturated carbocycles. The summed E-state index contributed by atoms with van der Waals surface area (Å²) in [6.45, 7) is 6.19. The molecule has 0 saturated heterocycles. The zero-order chi connectivity index (χ0) is 15.9. The maximum absolute atomic E-state index is 13.2. The van der Waals surface area contributed by atoms with E-state index in [9.17, 15) is 13.2 Å². The van der Waals surface area contributed by atoms with Gasteiger partial charge in [-0.3, -0.25) is 0 Å². The lowest BCUT2D eigenvalue weighted by atomic mass is 9.78. The first kappa shape index (κ1) is 18.3. The quantitative estimate of drug-likeness (QED) is 0.431. The standard InChI is InChI=1S/C18H29F3/c1-4-6-8-9-14(3)16-13-15(10-7-5-2)11-12-17(16)18(19,20)21/h11,13-14,17H,4-10,12H2,1-3H3/t14-,17?/m1/s1. The van der Waals surface area contributed by atoms with Crippen LogP contribution >= 0.6 is 0 Å². The highest BCUT2D eigenvalue weighted by molar-refractivity contribution is 5.32. The van der Waals surface area contributed by atoms with Crippen molar-refractivity contribution in [3.8, 4) is 0 Å². The van der Waals surface area contributed by atoms with Crippen LogP contribution in [0.25, 0.3) is 0 Å². The Labute approximate surface area is 127 Å². The molecule has 21 heavy (non-hydrogen) atoms. The SMILES string of the molecule is CCCCC[C@@H](C)C1=CC(CCCC)=CCC1C(F)(F)F. The smallest absolute Gasteiger partial charge is 0.170 e. The fourth-order valence-electron chi connectivity index (χ4n) is 3.01. The summed E-state index contributed by atoms with van der Waals surface area (Å²) in [5.74, 6) is -1.23. The molecule has 2 atom stereocenters. The molecule has 1 aliphatic rings. The second-order valence-electron chi connectivity index (χ2n) is 6.25. The third kappa shape index (κ3) is 5.88. The van der Waals surface area contributed by atoms with Crippen molar-refractivity contribution >= 4 is 0 Å². The molecule has 0 bridgehead atoms. The van der Waals surface area contributed by atoms with E-state index in [0.717, 1.165) is 50.5 Å². The van der Waals surface area contributed by atoms with E-state index in [0.29, 0.717) is 5.57 Å². The van der Waals surface area contributed by atoms with E-state index in [4.69, 9.17) is 0 Å². The van der Waals surface area contributed by atoms with E-state index in [1.165, 1.54) is 0 Å². The molecule has 1 rings (SSSR count). The fraction of sp³-hybridized carbons (Fsp3) is 0.778. The van der Waals surface area contributed by atoms with Gasteiger partial charge in [-0.2, -0.15) is 13.2 Å². The maximum Gasteiger partial charge on any atom is 0.395 e. The van der Waals surface area contributed by atoms with Crippen LogP contribution in [0.4, 0.5) is 13.2 Å². The molecule has 0 fully saturated rings. The van der Waals surface area contributed by atoms with Crippen LogP contribution in [0.3, 0.4) is 0 Å². The molecule has 0 amide bonds. The lowest BCUT2D eigenvalue weighted by Gasteiger charge is -2.30. The minimum Gasteiger partial charge on any atom is -0.170 e. The highest BCUT2D eigenvalue weighted by atomic mass is 19.4. The van der Waals surface area contributed by atoms with Gasteiger partial charge in [0.15, 0.2) is 0 Å². The van der Waals surface area contributed by atoms with Gasteiger partial charge in [0.05, 0.1) is 5.92 Å². The van der Waals surface area contributed by atoms with Crippen molar-refractivity contribution in [3.63, 3.8) is 0 Å². The van der Waals surface area contributed by atoms with Crippen molar-refractivity contribution in [1.29, 1.82) is 0 Å². The number of hydrogen-bond donors (Lipinski definition) is 0. The van der Waals surface area contributed by atoms with Crippen LogP contribution in [0.2, 0.25) is 0 Å². The minimum absolute atomic E-state index is 0.0356. The Bertz CT molecular complexity index is 363. The summed E-state index contributed by atoms with van der Waals surface area (Å²) in [5, 5.41) is 0. The first-order valence-corrected chi connectivity index (χ1v) is 8.37. The summed E-state index contributed by atoms with van der Waals surface area (Å²) >= 11 is 0. The van der Waals surface area contributed by atoms with E-state index < -0.39 is 12.1 Å². The van der Waals surface area contributed by atoms with Crippen LogP contribution in [-0.2, 0) is 0 Å². The second-order valence-corrected chi connectivity index (χ2v) is 6.25. The Balaban J connectivity index is 2.81. The van der Waals surface area contributed by atoms with Crippen molar-refractivity contribution < 1.29 is 13.2 Å². The average Bonchev–Trinajstić information content (AvgIpc) is 2.44. The first-order valence-electron chi connectivity index (χ1n) is 8.37. The second kappa shape index (κ2) is 8.65. The molecule has 0 N–H and O–H groups in total. The Morgan fingerprint density at radius 3 is 2.38 bits per heavy atom. The van der Waals surface area contributed by atoms with Gasteiger partial charge in [0, 0.05) is 0 Å². The summed E-state index contributed by atoms with van der Waals surface area (Å²) in [5.41, 5.74) is 1.72. The van der Waals surface area contributed by atoms with E-state index in [-0.39, 0.29) is 12.3 Å². The molecule has 3 heteroatoms. The summed E-state index contributed by atoms with van der Waals surface area (Å²) in [7, 11) is 0. The summed E-state index contributed by atoms with van der Waals surface area (Å²) in [4.78, 5) is 0. The normalized spacial score (nSPS) is 21.0. The van der Waals surface area contributed by atoms with Crippen LogP contribution < -0.4 is 0 Å². The van der Waals surface area contributed by atoms with Crippen molar-refractivity contribution in [3.05, 3.63) is 23.3 Å². The largest absolute Gasteiger partial charge is 0.395 e. The van der Waals surface area contributed by atoms with E-state index >= 15 is 0 Å². The number of allylic oxidation sites excluding steroid dienone is 4. The number of hydrogen-bond acceptors (Lipinski definition) is 0. The summed E-state index contributed by atoms with van der Waals surface area (Å²) < 4.78 is 39.7. The van der Waals surface area contributed by atoms with Crippen LogP contribution in [0, 0.1) is 11.8 Å². The molecule has 0 aromatic carbocycles. The molecule has 0 spiro atoms. The number of rotatable bonds is 8. The average molecular weight is 302 g/mol. The maximum atomic E-state index is 13.2. The van der Waals surface area contributed by atoms with Gasteiger partial charge in [-0.05, 0) is 31.6 Å². The van der Waals surface area contributed by atoms with Gasteiger partial charge in [0.2, 0.25) is 0 Å². The summed E-state index contributed by atoms with van der Waals surface area (Å²) in [6.07, 6.45) is 6.82. The molecule has 0 aliphatic heterocycles. The Hall–Kier alpha value is -0.730. The van der Waals surface area contributed by atoms with Gasteiger partial charge < -0.3 is 0 Å². The number of unbranched alkanes of at least 4 members (excludes halogenated alkanes) is 3. The predicted molar refractivity (Wildman–Crippen MR) is 83.2 cm³/mol. The van der Waals surface area contributed by atoms with Crippen LogP contribution in [0.15, 0.2) is 23.3 Å². The van der Waals surface area contributed by atoms with Crippen molar-refractivity contribution in [2.75, 3.05) is 0 Å². The van der Waals surface area contributed by atoms with Crippen LogP contribution in [0.5, 0.6) is 0 Å². The summed E-state index contributed by atoms with van der Waals surface area (Å²) in [6, 6.07) is 0. The highest BCUT2D eigenvalue weighted by Crippen LogP contribution is 2.42. The molecule has 1 unspecified atom stereocenters. The molecule has 122 valence electrons. The van der Waals surface area contributed by atoms with E-state index in [1.54, 1.807) is 6.08 Å². The number of alkyl halides is 3. The van der Waals surface area contributed by atoms with Gasteiger partial charge in [-0.1, -0.05) is 69.8 Å². The fourth-order valence-corrected chi connectivity index (χ4v) is 3.01. The van der Waals surface area contributed by atoms with Crippen molar-refractivity contribution in [2.24, 2.45) is 11.8 Å². The molecular weight excluding hydrogens is 273 g/mol. The predicted octanol–water partition coefficient (Wildman–Crippen LogP) is 6.83. The van der Waals surface area contributed by atoms with Gasteiger partial charge in [-0.15, -0.1) is 0 Å². The zero-order valence-corrected chi connectivity index (χ0v) is 13.6. The monoisotopic (exact) mass is 302 g/mol. The molecule has 0 heterocycles. The lowest BCUT2D eigenvalue weighted by Crippen LogP contribution is -2.28. The topological polar surface area (TPSA) is 0 Å². The first-order chi connectivity index (χ1) is 9.90. The highest BCUT2D eigenvalue weighted by Gasteiger charge is 2.43. The van der Waals surface area contributed by atoms with Gasteiger partial charge in [0.25, 0.3) is 0 Å². The lowest BCUT2D eigenvalue weighted by molar-refractivity contribution is -0.165. The molecule has 0 radical (unpaired) electrons. The Morgan fingerprint density at radius 1 is 1.14 bits per heavy atom. The molecule has 0 nitrogen and oxygen atoms in total. The van der Waals surface area contributed by atoms with E-state index in [1.807, 2.05) is 13.0 Å². The van der Waals surface area contributed by atoms with Gasteiger partial charge in [0.1, 0.15) is 0 Å². The molecule has 0 aromatic rings. The zero-order valence-electron chi connectivity index (χ0n) is 13.6. The van der Waals surface area contributed by atoms with Crippen LogP contribution in [-0.4, -0.2) is 6.18 Å². The Kier molecular flexibility index (Phi) is 7.55. The Morgan fingerprint density at radius 2 is 1.81 bits per heavy atom. The molecule has 1 aliphatic carbocycles. The molecule has 0 aromatic heterocycles. The number of halogens is 3. The minimum atomic E-state index is -4.11. The van der Waals surface area contributed by atoms with Crippen molar-refractivity contribution in [1.82, 2.24) is 0 Å². The third-order valence-electron chi connectivity index (χ3n) is 4.39. The third-order valence-corrected chi connectivity index (χ3v) is 4.39. The molecular formula is C18H29F3. The van der Waals surface area contributed by atoms with E-state index in [2.05, 4.69) is 13.8 Å². The van der Waals surface area contributed by atoms with Gasteiger partial charge >= 0.3 is 6.18 Å². The van der Waals surface area contributed by atoms with Gasteiger partial charge in [-0.25, -0.2) is 0 Å². The van der Waals surface area contributed by atoms with Crippen molar-refractivity contribution in [2.45, 2.75) is 78.3 Å².